The zero-order valence-corrected chi connectivity index (χ0v) is 18.5. The summed E-state index contributed by atoms with van der Waals surface area (Å²) in [6, 6.07) is 16.6. The summed E-state index contributed by atoms with van der Waals surface area (Å²) in [5, 5.41) is 11.3. The molecule has 2 heterocycles. The molecule has 1 saturated heterocycles. The number of hydrogen-bond donors (Lipinski definition) is 1. The number of aryl methyl sites for hydroxylation is 1. The molecular weight excluding hydrogens is 437 g/mol. The molecule has 1 atom stereocenters. The molecule has 0 saturated carbocycles. The van der Waals surface area contributed by atoms with E-state index in [9.17, 15) is 19.1 Å². The Bertz CT molecular complexity index is 1300. The van der Waals surface area contributed by atoms with E-state index in [4.69, 9.17) is 9.47 Å². The minimum Gasteiger partial charge on any atom is -0.507 e. The monoisotopic (exact) mass is 459 g/mol. The number of rotatable bonds is 4. The zero-order valence-electron chi connectivity index (χ0n) is 18.5. The third-order valence-electron chi connectivity index (χ3n) is 6.16. The zero-order chi connectivity index (χ0) is 23.8. The number of Topliss-reactive ketones (excluding diaryl/α,β-unsaturated/α-hetero) is 1. The maximum Gasteiger partial charge on any atom is 0.300 e. The van der Waals surface area contributed by atoms with Crippen LogP contribution in [0.3, 0.4) is 0 Å². The fourth-order valence-electron chi connectivity index (χ4n) is 4.47. The van der Waals surface area contributed by atoms with E-state index in [2.05, 4.69) is 0 Å². The van der Waals surface area contributed by atoms with E-state index in [0.717, 1.165) is 24.2 Å². The summed E-state index contributed by atoms with van der Waals surface area (Å²) in [7, 11) is 1.54. The van der Waals surface area contributed by atoms with Gasteiger partial charge in [-0.25, -0.2) is 4.39 Å². The Hall–Kier alpha value is -4.13. The number of aliphatic hydroxyl groups excluding tert-OH is 1. The molecule has 172 valence electrons. The standard InChI is InChI=1S/C27H22FNO5/c1-33-21-11-4-16(5-12-21)24-23(25(30)18-6-13-22-17(15-18)3-2-14-34-22)26(31)27(32)29(24)20-9-7-19(28)8-10-20/h4-13,15,24,30H,2-3,14H2,1H3/b25-23-. The molecule has 0 bridgehead atoms. The predicted octanol–water partition coefficient (Wildman–Crippen LogP) is 4.79. The van der Waals surface area contributed by atoms with Crippen molar-refractivity contribution in [2.75, 3.05) is 18.6 Å². The van der Waals surface area contributed by atoms with Gasteiger partial charge < -0.3 is 14.6 Å². The summed E-state index contributed by atoms with van der Waals surface area (Å²) in [6.07, 6.45) is 1.65. The van der Waals surface area contributed by atoms with Crippen molar-refractivity contribution >= 4 is 23.1 Å². The molecule has 34 heavy (non-hydrogen) atoms. The van der Waals surface area contributed by atoms with Crippen molar-refractivity contribution in [1.29, 1.82) is 0 Å². The first-order chi connectivity index (χ1) is 16.5. The van der Waals surface area contributed by atoms with Crippen LogP contribution in [0.15, 0.2) is 72.3 Å². The number of hydrogen-bond acceptors (Lipinski definition) is 5. The van der Waals surface area contributed by atoms with Gasteiger partial charge >= 0.3 is 0 Å². The number of fused-ring (bicyclic) bond motifs is 1. The van der Waals surface area contributed by atoms with Crippen molar-refractivity contribution < 1.29 is 28.6 Å². The van der Waals surface area contributed by atoms with Gasteiger partial charge in [-0.1, -0.05) is 12.1 Å². The Kier molecular flexibility index (Phi) is 5.53. The number of halogens is 1. The molecular formula is C27H22FNO5. The molecule has 0 aliphatic carbocycles. The molecule has 1 fully saturated rings. The summed E-state index contributed by atoms with van der Waals surface area (Å²) >= 11 is 0. The highest BCUT2D eigenvalue weighted by atomic mass is 19.1. The minimum absolute atomic E-state index is 0.0313. The van der Waals surface area contributed by atoms with Gasteiger partial charge in [0.2, 0.25) is 0 Å². The lowest BCUT2D eigenvalue weighted by atomic mass is 9.94. The predicted molar refractivity (Wildman–Crippen MR) is 124 cm³/mol. The normalized spacial score (nSPS) is 19.0. The van der Waals surface area contributed by atoms with Crippen LogP contribution in [0.25, 0.3) is 5.76 Å². The Labute approximate surface area is 195 Å². The van der Waals surface area contributed by atoms with Gasteiger partial charge in [0.15, 0.2) is 0 Å². The van der Waals surface area contributed by atoms with Crippen LogP contribution >= 0.6 is 0 Å². The number of nitrogens with zero attached hydrogens (tertiary/aromatic N) is 1. The summed E-state index contributed by atoms with van der Waals surface area (Å²) < 4.78 is 24.5. The van der Waals surface area contributed by atoms with Gasteiger partial charge in [-0.15, -0.1) is 0 Å². The molecule has 7 heteroatoms. The summed E-state index contributed by atoms with van der Waals surface area (Å²) in [4.78, 5) is 27.7. The largest absolute Gasteiger partial charge is 0.507 e. The van der Waals surface area contributed by atoms with E-state index >= 15 is 0 Å². The number of carbonyl (C=O) groups is 2. The van der Waals surface area contributed by atoms with Gasteiger partial charge in [-0.3, -0.25) is 14.5 Å². The van der Waals surface area contributed by atoms with Crippen molar-refractivity contribution in [3.8, 4) is 11.5 Å². The Balaban J connectivity index is 1.68. The third-order valence-corrected chi connectivity index (χ3v) is 6.16. The Morgan fingerprint density at radius 1 is 1.06 bits per heavy atom. The van der Waals surface area contributed by atoms with Gasteiger partial charge in [0.25, 0.3) is 11.7 Å². The van der Waals surface area contributed by atoms with Gasteiger partial charge in [-0.05, 0) is 78.6 Å². The highest BCUT2D eigenvalue weighted by Crippen LogP contribution is 2.43. The number of methoxy groups -OCH3 is 1. The van der Waals surface area contributed by atoms with Gasteiger partial charge in [0.1, 0.15) is 23.1 Å². The van der Waals surface area contributed by atoms with Gasteiger partial charge in [0, 0.05) is 11.3 Å². The van der Waals surface area contributed by atoms with Crippen molar-refractivity contribution in [1.82, 2.24) is 0 Å². The van der Waals surface area contributed by atoms with Crippen LogP contribution in [0.1, 0.15) is 29.2 Å². The first-order valence-corrected chi connectivity index (χ1v) is 10.9. The lowest BCUT2D eigenvalue weighted by molar-refractivity contribution is -0.132. The SMILES string of the molecule is COc1ccc(C2/C(=C(/O)c3ccc4c(c3)CCCO4)C(=O)C(=O)N2c2ccc(F)cc2)cc1. The van der Waals surface area contributed by atoms with Crippen LogP contribution in [0.5, 0.6) is 11.5 Å². The van der Waals surface area contributed by atoms with Crippen LogP contribution in [0.2, 0.25) is 0 Å². The highest BCUT2D eigenvalue weighted by molar-refractivity contribution is 6.51. The molecule has 1 N–H and O–H groups in total. The Morgan fingerprint density at radius 3 is 2.50 bits per heavy atom. The molecule has 5 rings (SSSR count). The average molecular weight is 459 g/mol. The van der Waals surface area contributed by atoms with Crippen molar-refractivity contribution in [3.63, 3.8) is 0 Å². The summed E-state index contributed by atoms with van der Waals surface area (Å²) in [5.41, 5.74) is 2.29. The van der Waals surface area contributed by atoms with E-state index in [1.54, 1.807) is 49.6 Å². The van der Waals surface area contributed by atoms with Crippen molar-refractivity contribution in [2.24, 2.45) is 0 Å². The number of ketones is 1. The number of carbonyl (C=O) groups excluding carboxylic acids is 2. The topological polar surface area (TPSA) is 76.1 Å². The molecule has 6 nitrogen and oxygen atoms in total. The van der Waals surface area contributed by atoms with E-state index in [1.807, 2.05) is 0 Å². The molecule has 0 spiro atoms. The first kappa shape index (κ1) is 21.7. The second-order valence-electron chi connectivity index (χ2n) is 8.19. The number of benzene rings is 3. The lowest BCUT2D eigenvalue weighted by Gasteiger charge is -2.25. The van der Waals surface area contributed by atoms with Crippen LogP contribution in [-0.4, -0.2) is 30.5 Å². The second-order valence-corrected chi connectivity index (χ2v) is 8.19. The summed E-state index contributed by atoms with van der Waals surface area (Å²) in [5.74, 6) is -0.972. The Morgan fingerprint density at radius 2 is 1.79 bits per heavy atom. The van der Waals surface area contributed by atoms with Crippen LogP contribution < -0.4 is 14.4 Å². The molecule has 3 aromatic carbocycles. The number of aliphatic hydroxyl groups is 1. The molecule has 3 aromatic rings. The second kappa shape index (κ2) is 8.67. The molecule has 1 amide bonds. The number of ether oxygens (including phenoxy) is 2. The first-order valence-electron chi connectivity index (χ1n) is 10.9. The van der Waals surface area contributed by atoms with E-state index in [0.29, 0.717) is 29.2 Å². The molecule has 0 radical (unpaired) electrons. The average Bonchev–Trinajstić information content (AvgIpc) is 3.14. The highest BCUT2D eigenvalue weighted by Gasteiger charge is 2.47. The quantitative estimate of drug-likeness (QED) is 0.345. The smallest absolute Gasteiger partial charge is 0.300 e. The van der Waals surface area contributed by atoms with Gasteiger partial charge in [0.05, 0.1) is 25.3 Å². The maximum atomic E-state index is 13.6. The molecule has 1 unspecified atom stereocenters. The van der Waals surface area contributed by atoms with E-state index in [-0.39, 0.29) is 11.3 Å². The van der Waals surface area contributed by atoms with Crippen molar-refractivity contribution in [2.45, 2.75) is 18.9 Å². The minimum atomic E-state index is -0.899. The molecule has 2 aliphatic heterocycles. The third kappa shape index (κ3) is 3.69. The van der Waals surface area contributed by atoms with Crippen molar-refractivity contribution in [3.05, 3.63) is 94.8 Å². The van der Waals surface area contributed by atoms with Crippen LogP contribution in [-0.2, 0) is 16.0 Å². The molecule has 0 aromatic heterocycles. The van der Waals surface area contributed by atoms with E-state index < -0.39 is 23.5 Å². The maximum absolute atomic E-state index is 13.6. The number of amides is 1. The lowest BCUT2D eigenvalue weighted by Crippen LogP contribution is -2.29. The van der Waals surface area contributed by atoms with Crippen LogP contribution in [0.4, 0.5) is 10.1 Å². The molecule has 2 aliphatic rings. The van der Waals surface area contributed by atoms with Crippen LogP contribution in [0, 0.1) is 5.82 Å². The summed E-state index contributed by atoms with van der Waals surface area (Å²) in [6.45, 7) is 0.637. The number of anilines is 1. The fraction of sp³-hybridized carbons (Fsp3) is 0.185. The fourth-order valence-corrected chi connectivity index (χ4v) is 4.47. The van der Waals surface area contributed by atoms with E-state index in [1.165, 1.54) is 29.2 Å². The van der Waals surface area contributed by atoms with Gasteiger partial charge in [-0.2, -0.15) is 0 Å².